The number of nitrogens with zero attached hydrogens (tertiary/aromatic N) is 1. The van der Waals surface area contributed by atoms with E-state index >= 15 is 0 Å². The third kappa shape index (κ3) is 4.67. The molecule has 0 radical (unpaired) electrons. The van der Waals surface area contributed by atoms with Gasteiger partial charge in [-0.3, -0.25) is 4.79 Å². The molecule has 2 aliphatic carbocycles. The number of carboxylic acids is 1. The molecule has 0 amide bonds. The Morgan fingerprint density at radius 1 is 1.16 bits per heavy atom. The van der Waals surface area contributed by atoms with Gasteiger partial charge in [-0.1, -0.05) is 30.3 Å². The Labute approximate surface area is 225 Å². The van der Waals surface area contributed by atoms with Gasteiger partial charge >= 0.3 is 5.97 Å². The monoisotopic (exact) mass is 536 g/mol. The number of ether oxygens (including phenoxy) is 1. The van der Waals surface area contributed by atoms with Crippen molar-refractivity contribution >= 4 is 40.6 Å². The molecule has 0 spiro atoms. The average Bonchev–Trinajstić information content (AvgIpc) is 3.65. The van der Waals surface area contributed by atoms with Gasteiger partial charge < -0.3 is 19.7 Å². The highest BCUT2D eigenvalue weighted by molar-refractivity contribution is 7.15. The van der Waals surface area contributed by atoms with Crippen LogP contribution in [0.1, 0.15) is 64.1 Å². The Balaban J connectivity index is 0.00000280. The molecule has 0 saturated heterocycles. The fraction of sp³-hybridized carbons (Fsp3) is 0.310. The SMILES string of the molecule is COc1c(-c2cc3c(s2)CCCC3NCc2ccccc2)ccc2c(=O)c(C(=O)O)cn(C3CC3)c12.Cl. The number of thiophene rings is 1. The molecule has 2 aliphatic rings. The van der Waals surface area contributed by atoms with Crippen molar-refractivity contribution in [3.05, 3.63) is 86.5 Å². The Kier molecular flexibility index (Phi) is 7.12. The second-order valence-electron chi connectivity index (χ2n) is 9.66. The number of carbonyl (C=O) groups is 1. The van der Waals surface area contributed by atoms with E-state index in [1.807, 2.05) is 16.7 Å². The maximum absolute atomic E-state index is 13.0. The van der Waals surface area contributed by atoms with Gasteiger partial charge in [0.05, 0.1) is 18.0 Å². The summed E-state index contributed by atoms with van der Waals surface area (Å²) in [5.74, 6) is -0.555. The lowest BCUT2D eigenvalue weighted by Gasteiger charge is -2.23. The van der Waals surface area contributed by atoms with Crippen molar-refractivity contribution in [2.24, 2.45) is 0 Å². The number of benzene rings is 2. The number of nitrogens with one attached hydrogen (secondary N) is 1. The number of pyridine rings is 1. The van der Waals surface area contributed by atoms with Crippen molar-refractivity contribution in [1.82, 2.24) is 9.88 Å². The number of hydrogen-bond acceptors (Lipinski definition) is 5. The molecule has 0 aliphatic heterocycles. The van der Waals surface area contributed by atoms with E-state index in [9.17, 15) is 14.7 Å². The molecule has 6 rings (SSSR count). The third-order valence-corrected chi connectivity index (χ3v) is 8.54. The summed E-state index contributed by atoms with van der Waals surface area (Å²) in [7, 11) is 1.63. The van der Waals surface area contributed by atoms with Gasteiger partial charge in [0.1, 0.15) is 5.56 Å². The summed E-state index contributed by atoms with van der Waals surface area (Å²) in [6.07, 6.45) is 6.74. The molecular formula is C29H29ClN2O4S. The van der Waals surface area contributed by atoms with Gasteiger partial charge in [0, 0.05) is 40.1 Å². The predicted molar refractivity (Wildman–Crippen MR) is 150 cm³/mol. The molecule has 2 aromatic heterocycles. The Morgan fingerprint density at radius 3 is 2.65 bits per heavy atom. The molecular weight excluding hydrogens is 508 g/mol. The summed E-state index contributed by atoms with van der Waals surface area (Å²) < 4.78 is 7.88. The predicted octanol–water partition coefficient (Wildman–Crippen LogP) is 6.36. The molecule has 8 heteroatoms. The van der Waals surface area contributed by atoms with Crippen LogP contribution >= 0.6 is 23.7 Å². The van der Waals surface area contributed by atoms with Gasteiger partial charge in [0.2, 0.25) is 5.43 Å². The third-order valence-electron chi connectivity index (χ3n) is 7.30. The minimum absolute atomic E-state index is 0. The lowest BCUT2D eigenvalue weighted by atomic mass is 9.93. The zero-order valence-corrected chi connectivity index (χ0v) is 22.2. The number of methoxy groups -OCH3 is 1. The molecule has 1 atom stereocenters. The van der Waals surface area contributed by atoms with E-state index in [0.29, 0.717) is 22.7 Å². The Bertz CT molecular complexity index is 1520. The lowest BCUT2D eigenvalue weighted by Crippen LogP contribution is -2.23. The maximum atomic E-state index is 13.0. The zero-order valence-electron chi connectivity index (χ0n) is 20.5. The van der Waals surface area contributed by atoms with E-state index in [1.54, 1.807) is 24.5 Å². The fourth-order valence-electron chi connectivity index (χ4n) is 5.35. The molecule has 1 unspecified atom stereocenters. The van der Waals surface area contributed by atoms with Crippen LogP contribution in [0.5, 0.6) is 5.75 Å². The van der Waals surface area contributed by atoms with Gasteiger partial charge in [-0.25, -0.2) is 4.79 Å². The molecule has 2 N–H and O–H groups in total. The van der Waals surface area contributed by atoms with Crippen LogP contribution in [-0.2, 0) is 13.0 Å². The van der Waals surface area contributed by atoms with Crippen molar-refractivity contribution in [2.45, 2.75) is 50.7 Å². The summed E-state index contributed by atoms with van der Waals surface area (Å²) >= 11 is 1.79. The number of aromatic nitrogens is 1. The Hall–Kier alpha value is -3.13. The first kappa shape index (κ1) is 25.5. The van der Waals surface area contributed by atoms with Crippen molar-refractivity contribution < 1.29 is 14.6 Å². The first-order valence-electron chi connectivity index (χ1n) is 12.4. The van der Waals surface area contributed by atoms with Crippen LogP contribution in [0.2, 0.25) is 0 Å². The fourth-order valence-corrected chi connectivity index (χ4v) is 6.64. The van der Waals surface area contributed by atoms with E-state index in [0.717, 1.165) is 49.1 Å². The minimum atomic E-state index is -1.20. The smallest absolute Gasteiger partial charge is 0.341 e. The van der Waals surface area contributed by atoms with Gasteiger partial charge in [-0.05, 0) is 61.4 Å². The number of halogens is 1. The first-order chi connectivity index (χ1) is 17.5. The number of aryl methyl sites for hydroxylation is 1. The summed E-state index contributed by atoms with van der Waals surface area (Å²) in [6.45, 7) is 0.828. The number of hydrogen-bond donors (Lipinski definition) is 2. The van der Waals surface area contributed by atoms with Crippen molar-refractivity contribution in [3.8, 4) is 16.2 Å². The van der Waals surface area contributed by atoms with Crippen LogP contribution in [0.15, 0.2) is 59.5 Å². The van der Waals surface area contributed by atoms with E-state index in [1.165, 1.54) is 22.2 Å². The first-order valence-corrected chi connectivity index (χ1v) is 13.3. The highest BCUT2D eigenvalue weighted by atomic mass is 35.5. The van der Waals surface area contributed by atoms with Crippen LogP contribution in [0.3, 0.4) is 0 Å². The van der Waals surface area contributed by atoms with Crippen molar-refractivity contribution in [2.75, 3.05) is 7.11 Å². The van der Waals surface area contributed by atoms with E-state index < -0.39 is 11.4 Å². The molecule has 4 aromatic rings. The minimum Gasteiger partial charge on any atom is -0.494 e. The van der Waals surface area contributed by atoms with Crippen LogP contribution in [0.25, 0.3) is 21.3 Å². The summed E-state index contributed by atoms with van der Waals surface area (Å²) in [4.78, 5) is 27.3. The topological polar surface area (TPSA) is 80.6 Å². The standard InChI is InChI=1S/C29H28N2O4S.ClH/c1-35-28-19(12-13-20-26(28)31(18-10-11-18)16-22(27(20)32)29(33)34)25-14-21-23(8-5-9-24(21)36-25)30-15-17-6-3-2-4-7-17;/h2-4,6-7,12-14,16,18,23,30H,5,8-11,15H2,1H3,(H,33,34);1H. The number of fused-ring (bicyclic) bond motifs is 2. The van der Waals surface area contributed by atoms with Crippen LogP contribution in [-0.4, -0.2) is 22.8 Å². The Morgan fingerprint density at radius 2 is 1.95 bits per heavy atom. The van der Waals surface area contributed by atoms with E-state index in [2.05, 4.69) is 35.6 Å². The average molecular weight is 537 g/mol. The van der Waals surface area contributed by atoms with Crippen molar-refractivity contribution in [3.63, 3.8) is 0 Å². The number of rotatable bonds is 7. The summed E-state index contributed by atoms with van der Waals surface area (Å²) in [5, 5.41) is 13.7. The summed E-state index contributed by atoms with van der Waals surface area (Å²) in [5.41, 5.74) is 3.61. The molecule has 6 nitrogen and oxygen atoms in total. The normalized spacial score (nSPS) is 16.7. The zero-order chi connectivity index (χ0) is 24.8. The van der Waals surface area contributed by atoms with Gasteiger partial charge in [0.25, 0.3) is 0 Å². The quantitative estimate of drug-likeness (QED) is 0.287. The molecule has 0 bridgehead atoms. The highest BCUT2D eigenvalue weighted by Crippen LogP contribution is 2.46. The molecule has 1 saturated carbocycles. The van der Waals surface area contributed by atoms with Crippen molar-refractivity contribution in [1.29, 1.82) is 0 Å². The molecule has 192 valence electrons. The van der Waals surface area contributed by atoms with E-state index in [4.69, 9.17) is 4.74 Å². The van der Waals surface area contributed by atoms with Gasteiger partial charge in [-0.2, -0.15) is 0 Å². The lowest BCUT2D eigenvalue weighted by molar-refractivity contribution is 0.0695. The van der Waals surface area contributed by atoms with E-state index in [-0.39, 0.29) is 24.0 Å². The van der Waals surface area contributed by atoms with Crippen LogP contribution < -0.4 is 15.5 Å². The molecule has 37 heavy (non-hydrogen) atoms. The molecule has 1 fully saturated rings. The van der Waals surface area contributed by atoms with Crippen LogP contribution in [0.4, 0.5) is 0 Å². The molecule has 2 aromatic carbocycles. The second-order valence-corrected chi connectivity index (χ2v) is 10.8. The highest BCUT2D eigenvalue weighted by Gasteiger charge is 2.30. The second kappa shape index (κ2) is 10.3. The molecule has 2 heterocycles. The van der Waals surface area contributed by atoms with Crippen LogP contribution in [0, 0.1) is 0 Å². The summed E-state index contributed by atoms with van der Waals surface area (Å²) in [6, 6.07) is 16.9. The maximum Gasteiger partial charge on any atom is 0.341 e. The largest absolute Gasteiger partial charge is 0.494 e. The van der Waals surface area contributed by atoms with Gasteiger partial charge in [0.15, 0.2) is 5.75 Å². The number of carboxylic acid groups (broad SMARTS) is 1. The van der Waals surface area contributed by atoms with Gasteiger partial charge in [-0.15, -0.1) is 23.7 Å². The number of aromatic carboxylic acids is 1.